The summed E-state index contributed by atoms with van der Waals surface area (Å²) in [5, 5.41) is 0.462. The molecule has 5 heteroatoms. The molecular formula is C11H10ClN3O. The number of carbonyl (C=O) groups excluding carboxylic acids is 1. The molecule has 0 aliphatic heterocycles. The van der Waals surface area contributed by atoms with E-state index in [-0.39, 0.29) is 5.92 Å². The average molecular weight is 236 g/mol. The lowest BCUT2D eigenvalue weighted by atomic mass is 9.83. The van der Waals surface area contributed by atoms with E-state index in [1.165, 1.54) is 0 Å². The fourth-order valence-electron chi connectivity index (χ4n) is 2.07. The van der Waals surface area contributed by atoms with Crippen molar-refractivity contribution in [2.75, 3.05) is 0 Å². The Balaban J connectivity index is 2.16. The van der Waals surface area contributed by atoms with Crippen molar-refractivity contribution >= 4 is 22.9 Å². The Morgan fingerprint density at radius 2 is 2.25 bits per heavy atom. The Bertz CT molecular complexity index is 582. The topological polar surface area (TPSA) is 47.3 Å². The third-order valence-electron chi connectivity index (χ3n) is 2.94. The maximum Gasteiger partial charge on any atom is 0.154 e. The molecule has 2 aromatic heterocycles. The lowest BCUT2D eigenvalue weighted by Gasteiger charge is -2.22. The normalized spacial score (nSPS) is 16.8. The van der Waals surface area contributed by atoms with E-state index in [2.05, 4.69) is 9.97 Å². The van der Waals surface area contributed by atoms with Gasteiger partial charge in [0.1, 0.15) is 17.1 Å². The second-order valence-electron chi connectivity index (χ2n) is 4.19. The monoisotopic (exact) mass is 235 g/mol. The van der Waals surface area contributed by atoms with Crippen molar-refractivity contribution in [1.82, 2.24) is 14.4 Å². The first-order chi connectivity index (χ1) is 7.65. The number of hydrogen-bond acceptors (Lipinski definition) is 3. The molecule has 0 aromatic carbocycles. The minimum atomic E-state index is 0.243. The summed E-state index contributed by atoms with van der Waals surface area (Å²) < 4.78 is 1.95. The van der Waals surface area contributed by atoms with E-state index in [0.717, 1.165) is 17.0 Å². The van der Waals surface area contributed by atoms with Crippen LogP contribution in [0.1, 0.15) is 30.3 Å². The van der Waals surface area contributed by atoms with Crippen molar-refractivity contribution in [1.29, 1.82) is 0 Å². The van der Waals surface area contributed by atoms with Crippen molar-refractivity contribution in [3.8, 4) is 0 Å². The highest BCUT2D eigenvalue weighted by Gasteiger charge is 2.31. The van der Waals surface area contributed by atoms with Gasteiger partial charge in [0.2, 0.25) is 0 Å². The fraction of sp³-hybridized carbons (Fsp3) is 0.364. The van der Waals surface area contributed by atoms with Gasteiger partial charge in [0.25, 0.3) is 0 Å². The largest absolute Gasteiger partial charge is 0.300 e. The first kappa shape index (κ1) is 9.78. The van der Waals surface area contributed by atoms with Crippen molar-refractivity contribution in [2.45, 2.75) is 25.7 Å². The molecule has 0 atom stereocenters. The van der Waals surface area contributed by atoms with Gasteiger partial charge in [0.05, 0.1) is 11.9 Å². The van der Waals surface area contributed by atoms with Gasteiger partial charge in [-0.2, -0.15) is 0 Å². The van der Waals surface area contributed by atoms with Crippen molar-refractivity contribution in [3.05, 3.63) is 29.1 Å². The first-order valence-corrected chi connectivity index (χ1v) is 5.55. The van der Waals surface area contributed by atoms with Crippen LogP contribution in [-0.2, 0) is 4.79 Å². The molecule has 0 spiro atoms. The zero-order valence-electron chi connectivity index (χ0n) is 8.77. The van der Waals surface area contributed by atoms with Crippen LogP contribution in [0.4, 0.5) is 0 Å². The molecule has 0 saturated heterocycles. The summed E-state index contributed by atoms with van der Waals surface area (Å²) in [6.07, 6.45) is 4.81. The van der Waals surface area contributed by atoms with Gasteiger partial charge in [0, 0.05) is 25.0 Å². The molecule has 16 heavy (non-hydrogen) atoms. The van der Waals surface area contributed by atoms with Crippen LogP contribution in [0.3, 0.4) is 0 Å². The van der Waals surface area contributed by atoms with Crippen LogP contribution in [-0.4, -0.2) is 20.2 Å². The van der Waals surface area contributed by atoms with Crippen LogP contribution in [0.25, 0.3) is 5.52 Å². The summed E-state index contributed by atoms with van der Waals surface area (Å²) in [7, 11) is 0. The van der Waals surface area contributed by atoms with Crippen LogP contribution in [0.2, 0.25) is 5.15 Å². The van der Waals surface area contributed by atoms with Crippen LogP contribution < -0.4 is 0 Å². The zero-order valence-corrected chi connectivity index (χ0v) is 9.53. The summed E-state index contributed by atoms with van der Waals surface area (Å²) in [4.78, 5) is 19.5. The molecule has 0 radical (unpaired) electrons. The number of halogens is 1. The number of aryl methyl sites for hydroxylation is 1. The lowest BCUT2D eigenvalue weighted by Crippen LogP contribution is -2.23. The second kappa shape index (κ2) is 3.28. The number of fused-ring (bicyclic) bond motifs is 1. The van der Waals surface area contributed by atoms with Gasteiger partial charge in [-0.1, -0.05) is 11.6 Å². The van der Waals surface area contributed by atoms with Gasteiger partial charge in [-0.05, 0) is 6.92 Å². The maximum atomic E-state index is 11.0. The van der Waals surface area contributed by atoms with Gasteiger partial charge in [-0.15, -0.1) is 0 Å². The molecule has 4 nitrogen and oxygen atoms in total. The minimum absolute atomic E-state index is 0.243. The third kappa shape index (κ3) is 1.33. The summed E-state index contributed by atoms with van der Waals surface area (Å²) in [6, 6.07) is 0. The fourth-order valence-corrected chi connectivity index (χ4v) is 2.34. The number of ketones is 1. The number of Topliss-reactive ketones (excluding diaryl/α,β-unsaturated/α-hetero) is 1. The highest BCUT2D eigenvalue weighted by molar-refractivity contribution is 6.32. The maximum absolute atomic E-state index is 11.0. The number of aromatic nitrogens is 3. The molecule has 2 heterocycles. The number of rotatable bonds is 1. The number of hydrogen-bond donors (Lipinski definition) is 0. The Morgan fingerprint density at radius 3 is 2.94 bits per heavy atom. The van der Waals surface area contributed by atoms with Gasteiger partial charge in [-0.3, -0.25) is 9.20 Å². The Hall–Kier alpha value is -1.42. The van der Waals surface area contributed by atoms with Crippen molar-refractivity contribution < 1.29 is 4.79 Å². The minimum Gasteiger partial charge on any atom is -0.300 e. The summed E-state index contributed by atoms with van der Waals surface area (Å²) in [5.74, 6) is 1.47. The summed E-state index contributed by atoms with van der Waals surface area (Å²) in [6.45, 7) is 1.89. The van der Waals surface area contributed by atoms with Crippen molar-refractivity contribution in [2.24, 2.45) is 0 Å². The van der Waals surface area contributed by atoms with Gasteiger partial charge in [-0.25, -0.2) is 9.97 Å². The van der Waals surface area contributed by atoms with E-state index in [4.69, 9.17) is 11.6 Å². The Labute approximate surface area is 97.3 Å². The van der Waals surface area contributed by atoms with Crippen LogP contribution in [0.5, 0.6) is 0 Å². The molecule has 1 aliphatic carbocycles. The van der Waals surface area contributed by atoms with E-state index in [9.17, 15) is 4.79 Å². The highest BCUT2D eigenvalue weighted by Crippen LogP contribution is 2.33. The number of imidazole rings is 1. The van der Waals surface area contributed by atoms with E-state index in [1.807, 2.05) is 17.5 Å². The second-order valence-corrected chi connectivity index (χ2v) is 4.55. The summed E-state index contributed by atoms with van der Waals surface area (Å²) >= 11 is 6.03. The molecule has 1 saturated carbocycles. The van der Waals surface area contributed by atoms with E-state index < -0.39 is 0 Å². The first-order valence-electron chi connectivity index (χ1n) is 5.17. The molecule has 3 rings (SSSR count). The average Bonchev–Trinajstić information content (AvgIpc) is 2.56. The van der Waals surface area contributed by atoms with Crippen molar-refractivity contribution in [3.63, 3.8) is 0 Å². The van der Waals surface area contributed by atoms with E-state index >= 15 is 0 Å². The highest BCUT2D eigenvalue weighted by atomic mass is 35.5. The quantitative estimate of drug-likeness (QED) is 0.761. The molecule has 0 N–H and O–H groups in total. The predicted molar refractivity (Wildman–Crippen MR) is 59.7 cm³/mol. The van der Waals surface area contributed by atoms with E-state index in [1.54, 1.807) is 6.20 Å². The Morgan fingerprint density at radius 1 is 1.50 bits per heavy atom. The lowest BCUT2D eigenvalue weighted by molar-refractivity contribution is -0.124. The standard InChI is InChI=1S/C11H10ClN3O/c1-6-5-15-9(10(12)14-6)4-13-11(15)7-2-8(16)3-7/h4-5,7H,2-3H2,1H3. The summed E-state index contributed by atoms with van der Waals surface area (Å²) in [5.41, 5.74) is 1.66. The molecule has 2 aromatic rings. The Kier molecular flexibility index (Phi) is 2.01. The van der Waals surface area contributed by atoms with Crippen LogP contribution in [0, 0.1) is 6.92 Å². The molecule has 1 fully saturated rings. The van der Waals surface area contributed by atoms with Gasteiger partial charge >= 0.3 is 0 Å². The molecular weight excluding hydrogens is 226 g/mol. The molecule has 0 amide bonds. The zero-order chi connectivity index (χ0) is 11.3. The van der Waals surface area contributed by atoms with Gasteiger partial charge < -0.3 is 0 Å². The molecule has 0 unspecified atom stereocenters. The van der Waals surface area contributed by atoms with Gasteiger partial charge in [0.15, 0.2) is 5.15 Å². The van der Waals surface area contributed by atoms with Crippen LogP contribution >= 0.6 is 11.6 Å². The van der Waals surface area contributed by atoms with Crippen LogP contribution in [0.15, 0.2) is 12.4 Å². The SMILES string of the molecule is Cc1cn2c(C3CC(=O)C3)ncc2c(Cl)n1. The smallest absolute Gasteiger partial charge is 0.154 e. The number of nitrogens with zero attached hydrogens (tertiary/aromatic N) is 3. The third-order valence-corrected chi connectivity index (χ3v) is 3.22. The molecule has 82 valence electrons. The molecule has 1 aliphatic rings. The number of carbonyl (C=O) groups is 1. The van der Waals surface area contributed by atoms with E-state index in [0.29, 0.717) is 23.8 Å². The predicted octanol–water partition coefficient (Wildman–Crippen LogP) is 2.14. The molecule has 0 bridgehead atoms.